The van der Waals surface area contributed by atoms with E-state index in [0.717, 1.165) is 29.4 Å². The average Bonchev–Trinajstić information content (AvgIpc) is 2.32. The van der Waals surface area contributed by atoms with Crippen LogP contribution in [-0.2, 0) is 13.5 Å². The predicted molar refractivity (Wildman–Crippen MR) is 55.7 cm³/mol. The van der Waals surface area contributed by atoms with Crippen molar-refractivity contribution in [3.63, 3.8) is 0 Å². The van der Waals surface area contributed by atoms with Crippen LogP contribution in [0.1, 0.15) is 24.2 Å². The van der Waals surface area contributed by atoms with E-state index < -0.39 is 0 Å². The van der Waals surface area contributed by atoms with Gasteiger partial charge in [0.25, 0.3) is 0 Å². The number of hydrogen-bond donors (Lipinski definition) is 1. The highest BCUT2D eigenvalue weighted by Crippen LogP contribution is 2.21. The fourth-order valence-electron chi connectivity index (χ4n) is 1.36. The molecule has 0 fully saturated rings. The topological polar surface area (TPSA) is 38.0 Å². The van der Waals surface area contributed by atoms with Crippen molar-refractivity contribution >= 4 is 15.9 Å². The molecule has 1 rings (SSSR count). The first kappa shape index (κ1) is 10.7. The Morgan fingerprint density at radius 1 is 1.46 bits per heavy atom. The van der Waals surface area contributed by atoms with E-state index in [2.05, 4.69) is 21.0 Å². The summed E-state index contributed by atoms with van der Waals surface area (Å²) in [5.74, 6) is 0. The molecule has 1 aromatic heterocycles. The smallest absolute Gasteiger partial charge is 0.0738 e. The minimum absolute atomic E-state index is 0.272. The monoisotopic (exact) mass is 246 g/mol. The van der Waals surface area contributed by atoms with Crippen molar-refractivity contribution in [1.29, 1.82) is 0 Å². The number of unbranched alkanes of at least 4 members (excludes halogenated alkanes) is 1. The van der Waals surface area contributed by atoms with Crippen LogP contribution in [0.15, 0.2) is 4.47 Å². The molecule has 0 amide bonds. The number of aliphatic hydroxyl groups is 1. The Labute approximate surface area is 86.9 Å². The standard InChI is InChI=1S/C9H15BrN2O/c1-7-9(10)8(12(2)11-7)5-3-4-6-13/h13H,3-6H2,1-2H3. The molecule has 0 aliphatic heterocycles. The lowest BCUT2D eigenvalue weighted by Crippen LogP contribution is -1.99. The van der Waals surface area contributed by atoms with Gasteiger partial charge in [-0.05, 0) is 42.1 Å². The summed E-state index contributed by atoms with van der Waals surface area (Å²) in [4.78, 5) is 0. The Morgan fingerprint density at radius 2 is 2.15 bits per heavy atom. The number of rotatable bonds is 4. The van der Waals surface area contributed by atoms with Gasteiger partial charge in [0.05, 0.1) is 15.9 Å². The molecule has 1 aromatic rings. The quantitative estimate of drug-likeness (QED) is 0.824. The fraction of sp³-hybridized carbons (Fsp3) is 0.667. The minimum atomic E-state index is 0.272. The van der Waals surface area contributed by atoms with E-state index in [1.807, 2.05) is 18.7 Å². The maximum atomic E-state index is 8.65. The van der Waals surface area contributed by atoms with Crippen LogP contribution < -0.4 is 0 Å². The van der Waals surface area contributed by atoms with E-state index in [9.17, 15) is 0 Å². The van der Waals surface area contributed by atoms with E-state index in [0.29, 0.717) is 0 Å². The molecule has 0 aromatic carbocycles. The molecule has 0 spiro atoms. The maximum Gasteiger partial charge on any atom is 0.0738 e. The highest BCUT2D eigenvalue weighted by atomic mass is 79.9. The summed E-state index contributed by atoms with van der Waals surface area (Å²) in [7, 11) is 1.95. The van der Waals surface area contributed by atoms with Gasteiger partial charge in [0.2, 0.25) is 0 Å². The number of aliphatic hydroxyl groups excluding tert-OH is 1. The van der Waals surface area contributed by atoms with E-state index in [1.165, 1.54) is 5.69 Å². The molecule has 0 aliphatic carbocycles. The Hall–Kier alpha value is -0.350. The summed E-state index contributed by atoms with van der Waals surface area (Å²) >= 11 is 3.51. The Bertz CT molecular complexity index is 283. The van der Waals surface area contributed by atoms with Crippen LogP contribution in [0, 0.1) is 6.92 Å². The number of halogens is 1. The molecule has 4 heteroatoms. The van der Waals surface area contributed by atoms with Crippen molar-refractivity contribution in [1.82, 2.24) is 9.78 Å². The summed E-state index contributed by atoms with van der Waals surface area (Å²) < 4.78 is 3.00. The highest BCUT2D eigenvalue weighted by Gasteiger charge is 2.09. The maximum absolute atomic E-state index is 8.65. The fourth-order valence-corrected chi connectivity index (χ4v) is 1.89. The normalized spacial score (nSPS) is 10.8. The van der Waals surface area contributed by atoms with Gasteiger partial charge in [-0.3, -0.25) is 4.68 Å². The third-order valence-electron chi connectivity index (χ3n) is 2.08. The number of nitrogens with zero attached hydrogens (tertiary/aromatic N) is 2. The third kappa shape index (κ3) is 2.54. The molecule has 0 saturated heterocycles. The zero-order chi connectivity index (χ0) is 9.84. The van der Waals surface area contributed by atoms with Crippen LogP contribution in [0.25, 0.3) is 0 Å². The lowest BCUT2D eigenvalue weighted by atomic mass is 10.2. The first-order chi connectivity index (χ1) is 6.16. The van der Waals surface area contributed by atoms with Crippen molar-refractivity contribution < 1.29 is 5.11 Å². The molecule has 74 valence electrons. The molecule has 0 aliphatic rings. The zero-order valence-electron chi connectivity index (χ0n) is 8.05. The summed E-state index contributed by atoms with van der Waals surface area (Å²) in [5, 5.41) is 13.0. The summed E-state index contributed by atoms with van der Waals surface area (Å²) in [5.41, 5.74) is 2.24. The first-order valence-corrected chi connectivity index (χ1v) is 5.25. The largest absolute Gasteiger partial charge is 0.396 e. The highest BCUT2D eigenvalue weighted by molar-refractivity contribution is 9.10. The predicted octanol–water partition coefficient (Wildman–Crippen LogP) is 1.81. The van der Waals surface area contributed by atoms with Crippen molar-refractivity contribution in [2.75, 3.05) is 6.61 Å². The van der Waals surface area contributed by atoms with Gasteiger partial charge in [-0.25, -0.2) is 0 Å². The van der Waals surface area contributed by atoms with Crippen molar-refractivity contribution in [3.8, 4) is 0 Å². The van der Waals surface area contributed by atoms with Crippen LogP contribution in [0.4, 0.5) is 0 Å². The van der Waals surface area contributed by atoms with Gasteiger partial charge in [0.15, 0.2) is 0 Å². The van der Waals surface area contributed by atoms with E-state index in [4.69, 9.17) is 5.11 Å². The van der Waals surface area contributed by atoms with Gasteiger partial charge >= 0.3 is 0 Å². The molecule has 0 unspecified atom stereocenters. The SMILES string of the molecule is Cc1nn(C)c(CCCCO)c1Br. The molecule has 1 heterocycles. The van der Waals surface area contributed by atoms with Crippen molar-refractivity contribution in [2.45, 2.75) is 26.2 Å². The van der Waals surface area contributed by atoms with Crippen LogP contribution in [0.5, 0.6) is 0 Å². The van der Waals surface area contributed by atoms with Crippen molar-refractivity contribution in [3.05, 3.63) is 15.9 Å². The van der Waals surface area contributed by atoms with Gasteiger partial charge in [-0.1, -0.05) is 0 Å². The van der Waals surface area contributed by atoms with E-state index in [1.54, 1.807) is 0 Å². The van der Waals surface area contributed by atoms with E-state index >= 15 is 0 Å². The number of hydrogen-bond acceptors (Lipinski definition) is 2. The van der Waals surface area contributed by atoms with Crippen LogP contribution in [0.2, 0.25) is 0 Å². The second-order valence-corrected chi connectivity index (χ2v) is 3.94. The lowest BCUT2D eigenvalue weighted by Gasteiger charge is -2.01. The van der Waals surface area contributed by atoms with Gasteiger partial charge in [0, 0.05) is 13.7 Å². The van der Waals surface area contributed by atoms with Gasteiger partial charge in [0.1, 0.15) is 0 Å². The minimum Gasteiger partial charge on any atom is -0.396 e. The third-order valence-corrected chi connectivity index (χ3v) is 3.11. The summed E-state index contributed by atoms with van der Waals surface area (Å²) in [6.07, 6.45) is 2.84. The molecular weight excluding hydrogens is 232 g/mol. The molecule has 0 radical (unpaired) electrons. The van der Waals surface area contributed by atoms with Crippen LogP contribution in [-0.4, -0.2) is 21.5 Å². The molecule has 3 nitrogen and oxygen atoms in total. The lowest BCUT2D eigenvalue weighted by molar-refractivity contribution is 0.284. The Kier molecular flexibility index (Phi) is 3.93. The first-order valence-electron chi connectivity index (χ1n) is 4.45. The molecular formula is C9H15BrN2O. The molecule has 13 heavy (non-hydrogen) atoms. The van der Waals surface area contributed by atoms with Crippen molar-refractivity contribution in [2.24, 2.45) is 7.05 Å². The Balaban J connectivity index is 2.64. The summed E-state index contributed by atoms with van der Waals surface area (Å²) in [6.45, 7) is 2.26. The second-order valence-electron chi connectivity index (χ2n) is 3.15. The zero-order valence-corrected chi connectivity index (χ0v) is 9.63. The van der Waals surface area contributed by atoms with Crippen LogP contribution in [0.3, 0.4) is 0 Å². The van der Waals surface area contributed by atoms with Gasteiger partial charge in [-0.15, -0.1) is 0 Å². The van der Waals surface area contributed by atoms with Gasteiger partial charge < -0.3 is 5.11 Å². The average molecular weight is 247 g/mol. The summed E-state index contributed by atoms with van der Waals surface area (Å²) in [6, 6.07) is 0. The molecule has 0 bridgehead atoms. The van der Waals surface area contributed by atoms with Crippen LogP contribution >= 0.6 is 15.9 Å². The Morgan fingerprint density at radius 3 is 2.62 bits per heavy atom. The molecule has 0 saturated carbocycles. The molecule has 0 atom stereocenters. The molecule has 1 N–H and O–H groups in total. The number of aryl methyl sites for hydroxylation is 2. The number of aromatic nitrogens is 2. The van der Waals surface area contributed by atoms with E-state index in [-0.39, 0.29) is 6.61 Å². The van der Waals surface area contributed by atoms with Gasteiger partial charge in [-0.2, -0.15) is 5.10 Å². The second kappa shape index (κ2) is 4.77.